The topological polar surface area (TPSA) is 27.7 Å². The van der Waals surface area contributed by atoms with Gasteiger partial charge in [-0.15, -0.1) is 0 Å². The quantitative estimate of drug-likeness (QED) is 0.415. The van der Waals surface area contributed by atoms with Crippen molar-refractivity contribution >= 4 is 31.2 Å². The average molecular weight is 358 g/mol. The van der Waals surface area contributed by atoms with Crippen LogP contribution in [0.3, 0.4) is 0 Å². The Kier molecular flexibility index (Phi) is 6.21. The second kappa shape index (κ2) is 6.68. The van der Waals surface area contributed by atoms with Gasteiger partial charge in [-0.1, -0.05) is 35.4 Å². The molecule has 1 unspecified atom stereocenters. The van der Waals surface area contributed by atoms with Crippen LogP contribution in [0.25, 0.3) is 0 Å². The lowest BCUT2D eigenvalue weighted by Crippen LogP contribution is -2.64. The third kappa shape index (κ3) is 2.63. The molecule has 3 nitrogen and oxygen atoms in total. The Balaban J connectivity index is 2.90. The monoisotopic (exact) mass is 358 g/mol. The van der Waals surface area contributed by atoms with E-state index in [0.29, 0.717) is 0 Å². The predicted octanol–water partition coefficient (Wildman–Crippen LogP) is 3.04. The minimum Gasteiger partial charge on any atom is -0.396 e. The molecular weight excluding hydrogens is 335 g/mol. The zero-order chi connectivity index (χ0) is 12.1. The van der Waals surface area contributed by atoms with Gasteiger partial charge in [-0.3, -0.25) is 0 Å². The number of methoxy groups -OCH3 is 1. The van der Waals surface area contributed by atoms with E-state index in [1.54, 1.807) is 14.2 Å². The van der Waals surface area contributed by atoms with Crippen LogP contribution < -0.4 is 0 Å². The molecule has 1 aliphatic rings. The first-order valence-corrected chi connectivity index (χ1v) is 9.46. The molecule has 0 aromatic carbocycles. The van der Waals surface area contributed by atoms with E-state index in [9.17, 15) is 0 Å². The first kappa shape index (κ1) is 14.9. The molecule has 0 amide bonds. The van der Waals surface area contributed by atoms with Gasteiger partial charge in [0, 0.05) is 21.3 Å². The van der Waals surface area contributed by atoms with Crippen molar-refractivity contribution in [2.24, 2.45) is 0 Å². The molecule has 0 aromatic heterocycles. The van der Waals surface area contributed by atoms with Crippen molar-refractivity contribution < 1.29 is 13.6 Å². The summed E-state index contributed by atoms with van der Waals surface area (Å²) in [5.41, 5.74) is 0. The summed E-state index contributed by atoms with van der Waals surface area (Å²) in [5.74, 6) is 0. The maximum absolute atomic E-state index is 5.89. The summed E-state index contributed by atoms with van der Waals surface area (Å²) in [6.07, 6.45) is 5.78. The van der Waals surface area contributed by atoms with Gasteiger partial charge < -0.3 is 13.6 Å². The molecule has 0 radical (unpaired) electrons. The van der Waals surface area contributed by atoms with Gasteiger partial charge in [0.05, 0.1) is 0 Å². The van der Waals surface area contributed by atoms with Crippen LogP contribution in [0.5, 0.6) is 0 Å². The van der Waals surface area contributed by atoms with Crippen LogP contribution in [0, 0.1) is 0 Å². The molecule has 0 N–H and O–H groups in total. The maximum atomic E-state index is 5.89. The van der Waals surface area contributed by atoms with Gasteiger partial charge in [0.1, 0.15) is 5.22 Å². The number of rotatable bonds is 6. The zero-order valence-corrected chi connectivity index (χ0v) is 13.7. The highest BCUT2D eigenvalue weighted by Gasteiger charge is 2.58. The Morgan fingerprint density at radius 3 is 2.38 bits per heavy atom. The first-order valence-electron chi connectivity index (χ1n) is 5.92. The molecule has 5 heteroatoms. The Morgan fingerprint density at radius 2 is 1.88 bits per heavy atom. The average Bonchev–Trinajstić information content (AvgIpc) is 2.36. The third-order valence-corrected chi connectivity index (χ3v) is 8.98. The Hall–Kier alpha value is 0.827. The second-order valence-electron chi connectivity index (χ2n) is 4.36. The van der Waals surface area contributed by atoms with Crippen LogP contribution in [0.1, 0.15) is 32.1 Å². The Labute approximate surface area is 114 Å². The molecule has 0 saturated carbocycles. The minimum absolute atomic E-state index is 0.125. The summed E-state index contributed by atoms with van der Waals surface area (Å²) in [5, 5.41) is -0.125. The van der Waals surface area contributed by atoms with E-state index in [2.05, 4.69) is 22.6 Å². The highest BCUT2D eigenvalue weighted by Crippen LogP contribution is 2.42. The van der Waals surface area contributed by atoms with Crippen LogP contribution >= 0.6 is 22.6 Å². The molecule has 16 heavy (non-hydrogen) atoms. The summed E-state index contributed by atoms with van der Waals surface area (Å²) >= 11 is 2.42. The van der Waals surface area contributed by atoms with Crippen LogP contribution in [0.2, 0.25) is 6.04 Å². The highest BCUT2D eigenvalue weighted by molar-refractivity contribution is 14.1. The van der Waals surface area contributed by atoms with Crippen molar-refractivity contribution in [3.8, 4) is 0 Å². The van der Waals surface area contributed by atoms with Gasteiger partial charge in [0.25, 0.3) is 0 Å². The SMILES string of the molecule is COC1(CCCI)CCCC[Si]1(OC)OC. The standard InChI is InChI=1S/C11H23IO3Si/c1-13-11(8-6-9-12)7-4-5-10-16(11,14-2)15-3/h4-10H2,1-3H3. The third-order valence-electron chi connectivity index (χ3n) is 3.80. The number of ether oxygens (including phenoxy) is 1. The number of halogens is 1. The number of alkyl halides is 1. The molecule has 1 aliphatic heterocycles. The lowest BCUT2D eigenvalue weighted by Gasteiger charge is -2.48. The summed E-state index contributed by atoms with van der Waals surface area (Å²) in [6, 6.07) is 1.06. The zero-order valence-electron chi connectivity index (χ0n) is 10.6. The molecule has 0 spiro atoms. The van der Waals surface area contributed by atoms with Crippen LogP contribution in [-0.2, 0) is 13.6 Å². The van der Waals surface area contributed by atoms with E-state index in [4.69, 9.17) is 13.6 Å². The molecular formula is C11H23IO3Si. The highest BCUT2D eigenvalue weighted by atomic mass is 127. The molecule has 0 aromatic rings. The molecule has 1 heterocycles. The molecule has 1 saturated heterocycles. The Morgan fingerprint density at radius 1 is 1.19 bits per heavy atom. The largest absolute Gasteiger partial charge is 0.396 e. The normalized spacial score (nSPS) is 29.2. The van der Waals surface area contributed by atoms with Crippen molar-refractivity contribution in [1.82, 2.24) is 0 Å². The molecule has 0 aliphatic carbocycles. The fourth-order valence-electron chi connectivity index (χ4n) is 2.87. The molecule has 1 rings (SSSR count). The maximum Gasteiger partial charge on any atom is 0.370 e. The Bertz CT molecular complexity index is 211. The summed E-state index contributed by atoms with van der Waals surface area (Å²) in [4.78, 5) is 0. The molecule has 1 atom stereocenters. The fraction of sp³-hybridized carbons (Fsp3) is 1.00. The van der Waals surface area contributed by atoms with Gasteiger partial charge >= 0.3 is 8.56 Å². The lowest BCUT2D eigenvalue weighted by atomic mass is 10.1. The van der Waals surface area contributed by atoms with E-state index in [0.717, 1.165) is 18.9 Å². The van der Waals surface area contributed by atoms with Gasteiger partial charge in [-0.05, 0) is 29.7 Å². The van der Waals surface area contributed by atoms with Crippen molar-refractivity contribution in [3.63, 3.8) is 0 Å². The van der Waals surface area contributed by atoms with Crippen molar-refractivity contribution in [3.05, 3.63) is 0 Å². The van der Waals surface area contributed by atoms with Crippen LogP contribution in [0.15, 0.2) is 0 Å². The van der Waals surface area contributed by atoms with Gasteiger partial charge in [0.2, 0.25) is 0 Å². The van der Waals surface area contributed by atoms with Gasteiger partial charge in [0.15, 0.2) is 0 Å². The molecule has 1 fully saturated rings. The van der Waals surface area contributed by atoms with Crippen molar-refractivity contribution in [2.75, 3.05) is 25.8 Å². The smallest absolute Gasteiger partial charge is 0.370 e. The second-order valence-corrected chi connectivity index (χ2v) is 9.17. The summed E-state index contributed by atoms with van der Waals surface area (Å²) < 4.78 is 18.7. The first-order chi connectivity index (χ1) is 7.70. The lowest BCUT2D eigenvalue weighted by molar-refractivity contribution is -0.0146. The van der Waals surface area contributed by atoms with E-state index in [-0.39, 0.29) is 5.22 Å². The van der Waals surface area contributed by atoms with Gasteiger partial charge in [-0.2, -0.15) is 0 Å². The van der Waals surface area contributed by atoms with E-state index < -0.39 is 8.56 Å². The van der Waals surface area contributed by atoms with E-state index >= 15 is 0 Å². The molecule has 96 valence electrons. The summed E-state index contributed by atoms with van der Waals surface area (Å²) in [7, 11) is 3.23. The molecule has 0 bridgehead atoms. The summed E-state index contributed by atoms with van der Waals surface area (Å²) in [6.45, 7) is 0. The number of hydrogen-bond donors (Lipinski definition) is 0. The van der Waals surface area contributed by atoms with Crippen molar-refractivity contribution in [2.45, 2.75) is 43.4 Å². The minimum atomic E-state index is -2.17. The van der Waals surface area contributed by atoms with E-state index in [1.165, 1.54) is 23.7 Å². The number of hydrogen-bond acceptors (Lipinski definition) is 3. The van der Waals surface area contributed by atoms with Gasteiger partial charge in [-0.25, -0.2) is 0 Å². The van der Waals surface area contributed by atoms with Crippen molar-refractivity contribution in [1.29, 1.82) is 0 Å². The van der Waals surface area contributed by atoms with Crippen LogP contribution in [0.4, 0.5) is 0 Å². The predicted molar refractivity (Wildman–Crippen MR) is 76.3 cm³/mol. The van der Waals surface area contributed by atoms with Crippen LogP contribution in [-0.4, -0.2) is 39.5 Å². The fourth-order valence-corrected chi connectivity index (χ4v) is 7.17. The van der Waals surface area contributed by atoms with E-state index in [1.807, 2.05) is 7.11 Å².